The van der Waals surface area contributed by atoms with Gasteiger partial charge in [0.05, 0.1) is 12.8 Å². The molecule has 1 saturated carbocycles. The van der Waals surface area contributed by atoms with Gasteiger partial charge in [-0.3, -0.25) is 14.4 Å². The zero-order chi connectivity index (χ0) is 14.7. The lowest BCUT2D eigenvalue weighted by Gasteiger charge is -2.32. The third-order valence-electron chi connectivity index (χ3n) is 4.31. The molecule has 1 saturated heterocycles. The van der Waals surface area contributed by atoms with Crippen LogP contribution in [0.15, 0.2) is 12.4 Å². The predicted molar refractivity (Wildman–Crippen MR) is 78.6 cm³/mol. The molecule has 116 valence electrons. The summed E-state index contributed by atoms with van der Waals surface area (Å²) < 4.78 is 7.45. The molecule has 0 bridgehead atoms. The van der Waals surface area contributed by atoms with Crippen LogP contribution in [0.25, 0.3) is 0 Å². The standard InChI is InChI=1S/C15H24N4O2/c1-18-9-12(8-16-18)10-19-6-7-21-14(11-19)15(20)17-13-4-2-3-5-13/h8-9,13-14H,2-7,10-11H2,1H3,(H,17,20). The fourth-order valence-corrected chi connectivity index (χ4v) is 3.18. The van der Waals surface area contributed by atoms with Crippen LogP contribution < -0.4 is 5.32 Å². The minimum absolute atomic E-state index is 0.0535. The van der Waals surface area contributed by atoms with Gasteiger partial charge in [-0.2, -0.15) is 5.10 Å². The first-order chi connectivity index (χ1) is 10.2. The van der Waals surface area contributed by atoms with Crippen LogP contribution >= 0.6 is 0 Å². The number of nitrogens with one attached hydrogen (secondary N) is 1. The van der Waals surface area contributed by atoms with E-state index >= 15 is 0 Å². The van der Waals surface area contributed by atoms with E-state index in [-0.39, 0.29) is 12.0 Å². The van der Waals surface area contributed by atoms with Crippen LogP contribution in [0.1, 0.15) is 31.2 Å². The number of ether oxygens (including phenoxy) is 1. The Morgan fingerprint density at radius 3 is 3.00 bits per heavy atom. The van der Waals surface area contributed by atoms with E-state index in [9.17, 15) is 4.79 Å². The normalized spacial score (nSPS) is 24.3. The number of aryl methyl sites for hydroxylation is 1. The van der Waals surface area contributed by atoms with Gasteiger partial charge in [0, 0.05) is 44.5 Å². The molecule has 1 N–H and O–H groups in total. The maximum atomic E-state index is 12.3. The minimum Gasteiger partial charge on any atom is -0.366 e. The van der Waals surface area contributed by atoms with Gasteiger partial charge >= 0.3 is 0 Å². The highest BCUT2D eigenvalue weighted by Gasteiger charge is 2.28. The summed E-state index contributed by atoms with van der Waals surface area (Å²) in [5, 5.41) is 7.31. The largest absolute Gasteiger partial charge is 0.366 e. The van der Waals surface area contributed by atoms with Gasteiger partial charge in [-0.25, -0.2) is 0 Å². The molecule has 2 aliphatic rings. The Morgan fingerprint density at radius 1 is 1.48 bits per heavy atom. The Kier molecular flexibility index (Phi) is 4.55. The van der Waals surface area contributed by atoms with Crippen molar-refractivity contribution in [2.45, 2.75) is 44.4 Å². The molecular weight excluding hydrogens is 268 g/mol. The van der Waals surface area contributed by atoms with Crippen molar-refractivity contribution < 1.29 is 9.53 Å². The zero-order valence-corrected chi connectivity index (χ0v) is 12.6. The summed E-state index contributed by atoms with van der Waals surface area (Å²) in [5.74, 6) is 0.0535. The second-order valence-electron chi connectivity index (χ2n) is 6.11. The molecule has 1 aliphatic heterocycles. The second kappa shape index (κ2) is 6.58. The first-order valence-electron chi connectivity index (χ1n) is 7.82. The third-order valence-corrected chi connectivity index (χ3v) is 4.31. The quantitative estimate of drug-likeness (QED) is 0.886. The summed E-state index contributed by atoms with van der Waals surface area (Å²) in [7, 11) is 1.92. The van der Waals surface area contributed by atoms with E-state index in [1.807, 2.05) is 19.4 Å². The Labute approximate surface area is 125 Å². The molecule has 0 radical (unpaired) electrons. The maximum absolute atomic E-state index is 12.3. The highest BCUT2D eigenvalue weighted by atomic mass is 16.5. The minimum atomic E-state index is -0.337. The number of morpholine rings is 1. The van der Waals surface area contributed by atoms with Crippen molar-refractivity contribution in [1.82, 2.24) is 20.0 Å². The second-order valence-corrected chi connectivity index (χ2v) is 6.11. The van der Waals surface area contributed by atoms with E-state index in [2.05, 4.69) is 15.3 Å². The van der Waals surface area contributed by atoms with Crippen molar-refractivity contribution in [2.75, 3.05) is 19.7 Å². The molecule has 1 aliphatic carbocycles. The van der Waals surface area contributed by atoms with Crippen LogP contribution in [-0.2, 0) is 23.1 Å². The zero-order valence-electron chi connectivity index (χ0n) is 12.6. The van der Waals surface area contributed by atoms with Crippen molar-refractivity contribution >= 4 is 5.91 Å². The summed E-state index contributed by atoms with van der Waals surface area (Å²) in [6.07, 6.45) is 8.23. The van der Waals surface area contributed by atoms with Gasteiger partial charge in [0.2, 0.25) is 0 Å². The van der Waals surface area contributed by atoms with Crippen molar-refractivity contribution in [3.05, 3.63) is 18.0 Å². The van der Waals surface area contributed by atoms with Crippen LogP contribution in [0.3, 0.4) is 0 Å². The molecule has 6 heteroatoms. The third kappa shape index (κ3) is 3.83. The summed E-state index contributed by atoms with van der Waals surface area (Å²) in [6, 6.07) is 0.356. The van der Waals surface area contributed by atoms with Gasteiger partial charge in [-0.1, -0.05) is 12.8 Å². The van der Waals surface area contributed by atoms with Gasteiger partial charge in [0.15, 0.2) is 0 Å². The van der Waals surface area contributed by atoms with E-state index in [4.69, 9.17) is 4.74 Å². The van der Waals surface area contributed by atoms with Gasteiger partial charge < -0.3 is 10.1 Å². The number of carbonyl (C=O) groups is 1. The van der Waals surface area contributed by atoms with Crippen molar-refractivity contribution in [1.29, 1.82) is 0 Å². The number of carbonyl (C=O) groups excluding carboxylic acids is 1. The number of aromatic nitrogens is 2. The Hall–Kier alpha value is -1.40. The van der Waals surface area contributed by atoms with E-state index in [1.165, 1.54) is 18.4 Å². The number of nitrogens with zero attached hydrogens (tertiary/aromatic N) is 3. The Balaban J connectivity index is 1.51. The van der Waals surface area contributed by atoms with Crippen LogP contribution in [0.5, 0.6) is 0 Å². The molecule has 2 fully saturated rings. The summed E-state index contributed by atoms with van der Waals surface area (Å²) in [6.45, 7) is 2.96. The molecule has 3 rings (SSSR count). The van der Waals surface area contributed by atoms with E-state index in [0.717, 1.165) is 25.9 Å². The van der Waals surface area contributed by atoms with Gasteiger partial charge in [0.25, 0.3) is 5.91 Å². The SMILES string of the molecule is Cn1cc(CN2CCOC(C(=O)NC3CCCC3)C2)cn1. The Bertz CT molecular complexity index is 482. The molecule has 1 atom stereocenters. The lowest BCUT2D eigenvalue weighted by atomic mass is 10.2. The lowest BCUT2D eigenvalue weighted by molar-refractivity contribution is -0.139. The van der Waals surface area contributed by atoms with Gasteiger partial charge in [-0.15, -0.1) is 0 Å². The lowest BCUT2D eigenvalue weighted by Crippen LogP contribution is -2.51. The number of amides is 1. The topological polar surface area (TPSA) is 59.4 Å². The Morgan fingerprint density at radius 2 is 2.29 bits per heavy atom. The average Bonchev–Trinajstić information content (AvgIpc) is 3.11. The number of hydrogen-bond acceptors (Lipinski definition) is 4. The summed E-state index contributed by atoms with van der Waals surface area (Å²) >= 11 is 0. The van der Waals surface area contributed by atoms with Crippen LogP contribution in [-0.4, -0.2) is 52.4 Å². The molecule has 1 amide bonds. The average molecular weight is 292 g/mol. The molecule has 1 aromatic heterocycles. The predicted octanol–water partition coefficient (Wildman–Crippen LogP) is 0.680. The van der Waals surface area contributed by atoms with Crippen LogP contribution in [0, 0.1) is 0 Å². The van der Waals surface area contributed by atoms with E-state index < -0.39 is 0 Å². The molecule has 6 nitrogen and oxygen atoms in total. The molecule has 1 aromatic rings. The van der Waals surface area contributed by atoms with Crippen molar-refractivity contribution in [2.24, 2.45) is 7.05 Å². The molecule has 0 spiro atoms. The maximum Gasteiger partial charge on any atom is 0.250 e. The fourth-order valence-electron chi connectivity index (χ4n) is 3.18. The van der Waals surface area contributed by atoms with E-state index in [0.29, 0.717) is 19.2 Å². The molecular formula is C15H24N4O2. The molecule has 0 aromatic carbocycles. The van der Waals surface area contributed by atoms with Crippen molar-refractivity contribution in [3.63, 3.8) is 0 Å². The van der Waals surface area contributed by atoms with Crippen molar-refractivity contribution in [3.8, 4) is 0 Å². The van der Waals surface area contributed by atoms with E-state index in [1.54, 1.807) is 4.68 Å². The summed E-state index contributed by atoms with van der Waals surface area (Å²) in [5.41, 5.74) is 1.18. The molecule has 2 heterocycles. The molecule has 1 unspecified atom stereocenters. The molecule has 21 heavy (non-hydrogen) atoms. The summed E-state index contributed by atoms with van der Waals surface area (Å²) in [4.78, 5) is 14.5. The number of rotatable bonds is 4. The van der Waals surface area contributed by atoms with Gasteiger partial charge in [-0.05, 0) is 12.8 Å². The first-order valence-corrected chi connectivity index (χ1v) is 7.82. The number of hydrogen-bond donors (Lipinski definition) is 1. The fraction of sp³-hybridized carbons (Fsp3) is 0.733. The van der Waals surface area contributed by atoms with Gasteiger partial charge in [0.1, 0.15) is 6.10 Å². The smallest absolute Gasteiger partial charge is 0.250 e. The van der Waals surface area contributed by atoms with Crippen LogP contribution in [0.2, 0.25) is 0 Å². The first kappa shape index (κ1) is 14.5. The van der Waals surface area contributed by atoms with Crippen LogP contribution in [0.4, 0.5) is 0 Å². The monoisotopic (exact) mass is 292 g/mol. The highest BCUT2D eigenvalue weighted by molar-refractivity contribution is 5.81. The highest BCUT2D eigenvalue weighted by Crippen LogP contribution is 2.18.